The quantitative estimate of drug-likeness (QED) is 0.611. The van der Waals surface area contributed by atoms with E-state index in [4.69, 9.17) is 4.74 Å². The maximum absolute atomic E-state index is 11.9. The van der Waals surface area contributed by atoms with Gasteiger partial charge in [-0.25, -0.2) is 9.82 Å². The van der Waals surface area contributed by atoms with Gasteiger partial charge in [0, 0.05) is 13.6 Å². The lowest BCUT2D eigenvalue weighted by Crippen LogP contribution is -2.34. The van der Waals surface area contributed by atoms with Crippen LogP contribution in [0, 0.1) is 0 Å². The highest BCUT2D eigenvalue weighted by Gasteiger charge is 2.20. The zero-order valence-corrected chi connectivity index (χ0v) is 12.2. The van der Waals surface area contributed by atoms with E-state index in [0.717, 1.165) is 4.31 Å². The third-order valence-corrected chi connectivity index (χ3v) is 3.69. The Morgan fingerprint density at radius 1 is 1.50 bits per heavy atom. The van der Waals surface area contributed by atoms with E-state index in [1.165, 1.54) is 14.2 Å². The molecule has 0 atom stereocenters. The van der Waals surface area contributed by atoms with Crippen LogP contribution in [0.15, 0.2) is 0 Å². The van der Waals surface area contributed by atoms with E-state index in [-0.39, 0.29) is 24.9 Å². The molecule has 1 heterocycles. The Bertz CT molecular complexity index is 543. The van der Waals surface area contributed by atoms with Gasteiger partial charge in [-0.3, -0.25) is 4.79 Å². The predicted octanol–water partition coefficient (Wildman–Crippen LogP) is -0.645. The van der Waals surface area contributed by atoms with E-state index in [1.807, 2.05) is 0 Å². The summed E-state index contributed by atoms with van der Waals surface area (Å²) in [7, 11) is -1.27. The smallest absolute Gasteiger partial charge is 0.337 e. The zero-order valence-electron chi connectivity index (χ0n) is 11.4. The molecule has 0 fully saturated rings. The van der Waals surface area contributed by atoms with Crippen LogP contribution in [0.1, 0.15) is 13.3 Å². The van der Waals surface area contributed by atoms with Crippen molar-refractivity contribution in [1.29, 1.82) is 0 Å². The number of esters is 1. The molecular formula is C9H17N5O5S. The molecule has 1 rings (SSSR count). The van der Waals surface area contributed by atoms with Gasteiger partial charge in [-0.1, -0.05) is 0 Å². The summed E-state index contributed by atoms with van der Waals surface area (Å²) in [6.45, 7) is 2.10. The van der Waals surface area contributed by atoms with Crippen molar-refractivity contribution in [3.8, 4) is 6.01 Å². The van der Waals surface area contributed by atoms with Gasteiger partial charge in [0.25, 0.3) is 0 Å². The Morgan fingerprint density at radius 2 is 2.20 bits per heavy atom. The number of carbonyl (C=O) groups is 1. The van der Waals surface area contributed by atoms with Crippen LogP contribution in [-0.2, 0) is 19.7 Å². The number of aromatic amines is 1. The molecule has 1 aromatic heterocycles. The van der Waals surface area contributed by atoms with Crippen LogP contribution < -0.4 is 9.46 Å². The summed E-state index contributed by atoms with van der Waals surface area (Å²) < 4.78 is 36.4. The molecule has 0 aliphatic rings. The lowest BCUT2D eigenvalue weighted by Gasteiger charge is -2.16. The largest absolute Gasteiger partial charge is 0.469 e. The Hall–Kier alpha value is -1.88. The van der Waals surface area contributed by atoms with Crippen molar-refractivity contribution >= 4 is 22.1 Å². The van der Waals surface area contributed by atoms with Gasteiger partial charge in [-0.15, -0.1) is 5.10 Å². The van der Waals surface area contributed by atoms with Crippen molar-refractivity contribution in [2.75, 3.05) is 32.0 Å². The van der Waals surface area contributed by atoms with E-state index < -0.39 is 16.2 Å². The summed E-state index contributed by atoms with van der Waals surface area (Å²) in [5.41, 5.74) is 0. The van der Waals surface area contributed by atoms with E-state index in [9.17, 15) is 13.2 Å². The second-order valence-corrected chi connectivity index (χ2v) is 5.43. The molecule has 11 heteroatoms. The molecule has 2 N–H and O–H groups in total. The van der Waals surface area contributed by atoms with Crippen molar-refractivity contribution in [1.82, 2.24) is 19.5 Å². The van der Waals surface area contributed by atoms with Crippen molar-refractivity contribution in [2.45, 2.75) is 13.3 Å². The average molecular weight is 307 g/mol. The van der Waals surface area contributed by atoms with Gasteiger partial charge in [-0.2, -0.15) is 17.7 Å². The number of hydrogen-bond acceptors (Lipinski definition) is 7. The van der Waals surface area contributed by atoms with Crippen molar-refractivity contribution in [3.63, 3.8) is 0 Å². The Kier molecular flexibility index (Phi) is 5.70. The Morgan fingerprint density at radius 3 is 2.80 bits per heavy atom. The Labute approximate surface area is 116 Å². The first-order valence-corrected chi connectivity index (χ1v) is 7.19. The number of methoxy groups -OCH3 is 1. The van der Waals surface area contributed by atoms with Gasteiger partial charge >= 0.3 is 22.2 Å². The summed E-state index contributed by atoms with van der Waals surface area (Å²) in [6, 6.07) is 0.0439. The van der Waals surface area contributed by atoms with Crippen LogP contribution in [0.3, 0.4) is 0 Å². The highest BCUT2D eigenvalue weighted by atomic mass is 32.2. The molecule has 0 amide bonds. The molecule has 0 aliphatic heterocycles. The maximum Gasteiger partial charge on any atom is 0.337 e. The predicted molar refractivity (Wildman–Crippen MR) is 69.4 cm³/mol. The molecule has 114 valence electrons. The number of nitrogens with one attached hydrogen (secondary N) is 2. The minimum absolute atomic E-state index is 0.0194. The number of rotatable bonds is 8. The van der Waals surface area contributed by atoms with Crippen LogP contribution in [0.2, 0.25) is 0 Å². The molecular weight excluding hydrogens is 290 g/mol. The molecule has 10 nitrogen and oxygen atoms in total. The third kappa shape index (κ3) is 4.66. The number of hydrogen-bond donors (Lipinski definition) is 2. The molecule has 20 heavy (non-hydrogen) atoms. The summed E-state index contributed by atoms with van der Waals surface area (Å²) in [5.74, 6) is -0.566. The first-order valence-electron chi connectivity index (χ1n) is 5.75. The monoisotopic (exact) mass is 307 g/mol. The SMILES string of the molecule is CCOc1n[nH]c(NS(=O)(=O)N(C)CCC(=O)OC)n1. The molecule has 0 spiro atoms. The summed E-state index contributed by atoms with van der Waals surface area (Å²) >= 11 is 0. The number of ether oxygens (including phenoxy) is 2. The molecule has 1 aromatic rings. The number of anilines is 1. The number of H-pyrrole nitrogens is 1. The zero-order chi connectivity index (χ0) is 15.2. The molecule has 0 unspecified atom stereocenters. The molecule has 0 saturated carbocycles. The minimum Gasteiger partial charge on any atom is -0.469 e. The van der Waals surface area contributed by atoms with Gasteiger partial charge in [0.15, 0.2) is 0 Å². The number of nitrogens with zero attached hydrogens (tertiary/aromatic N) is 3. The fraction of sp³-hybridized carbons (Fsp3) is 0.667. The van der Waals surface area contributed by atoms with Crippen molar-refractivity contribution < 1.29 is 22.7 Å². The third-order valence-electron chi connectivity index (χ3n) is 2.23. The van der Waals surface area contributed by atoms with Gasteiger partial charge < -0.3 is 9.47 Å². The molecule has 0 aromatic carbocycles. The van der Waals surface area contributed by atoms with Gasteiger partial charge in [-0.05, 0) is 6.92 Å². The van der Waals surface area contributed by atoms with E-state index >= 15 is 0 Å². The topological polar surface area (TPSA) is 127 Å². The second-order valence-electron chi connectivity index (χ2n) is 3.65. The van der Waals surface area contributed by atoms with Crippen LogP contribution in [0.25, 0.3) is 0 Å². The van der Waals surface area contributed by atoms with Gasteiger partial charge in [0.1, 0.15) is 0 Å². The molecule has 0 saturated heterocycles. The van der Waals surface area contributed by atoms with Crippen molar-refractivity contribution in [2.24, 2.45) is 0 Å². The fourth-order valence-electron chi connectivity index (χ4n) is 1.16. The van der Waals surface area contributed by atoms with Crippen LogP contribution in [-0.4, -0.2) is 61.2 Å². The summed E-state index contributed by atoms with van der Waals surface area (Å²) in [4.78, 5) is 14.7. The van der Waals surface area contributed by atoms with Gasteiger partial charge in [0.2, 0.25) is 5.95 Å². The van der Waals surface area contributed by atoms with Crippen LogP contribution in [0.4, 0.5) is 5.95 Å². The van der Waals surface area contributed by atoms with E-state index in [0.29, 0.717) is 6.61 Å². The van der Waals surface area contributed by atoms with Crippen molar-refractivity contribution in [3.05, 3.63) is 0 Å². The standard InChI is InChI=1S/C9H17N5O5S/c1-4-19-9-10-8(11-12-9)13-20(16,17)14(2)6-5-7(15)18-3/h4-6H2,1-3H3,(H2,10,11,12,13). The maximum atomic E-state index is 11.9. The highest BCUT2D eigenvalue weighted by molar-refractivity contribution is 7.90. The highest BCUT2D eigenvalue weighted by Crippen LogP contribution is 2.09. The lowest BCUT2D eigenvalue weighted by molar-refractivity contribution is -0.140. The van der Waals surface area contributed by atoms with E-state index in [1.54, 1.807) is 6.92 Å². The molecule has 0 bridgehead atoms. The summed E-state index contributed by atoms with van der Waals surface area (Å²) in [5, 5.41) is 6.04. The number of carbonyl (C=O) groups excluding carboxylic acids is 1. The first-order chi connectivity index (χ1) is 9.39. The van der Waals surface area contributed by atoms with Crippen LogP contribution in [0.5, 0.6) is 6.01 Å². The summed E-state index contributed by atoms with van der Waals surface area (Å²) in [6.07, 6.45) is -0.0471. The number of aromatic nitrogens is 3. The minimum atomic E-state index is -3.83. The van der Waals surface area contributed by atoms with Crippen LogP contribution >= 0.6 is 0 Å². The fourth-order valence-corrected chi connectivity index (χ4v) is 1.98. The normalized spacial score (nSPS) is 11.4. The lowest BCUT2D eigenvalue weighted by atomic mass is 10.4. The molecule has 0 aliphatic carbocycles. The Balaban J connectivity index is 2.61. The first kappa shape index (κ1) is 16.2. The molecule has 0 radical (unpaired) electrons. The second kappa shape index (κ2) is 7.05. The van der Waals surface area contributed by atoms with E-state index in [2.05, 4.69) is 24.6 Å². The van der Waals surface area contributed by atoms with Gasteiger partial charge in [0.05, 0.1) is 20.1 Å². The average Bonchev–Trinajstić information content (AvgIpc) is 2.82.